The molecule has 0 unspecified atom stereocenters. The van der Waals surface area contributed by atoms with Crippen LogP contribution in [0.5, 0.6) is 0 Å². The highest BCUT2D eigenvalue weighted by Crippen LogP contribution is 2.06. The van der Waals surface area contributed by atoms with Crippen molar-refractivity contribution in [3.05, 3.63) is 35.4 Å². The van der Waals surface area contributed by atoms with Crippen LogP contribution in [-0.2, 0) is 6.54 Å². The zero-order valence-electron chi connectivity index (χ0n) is 8.81. The molecule has 0 fully saturated rings. The normalized spacial score (nSPS) is 10.6. The van der Waals surface area contributed by atoms with Crippen LogP contribution in [0.1, 0.15) is 11.1 Å². The molecule has 3 nitrogen and oxygen atoms in total. The Morgan fingerprint density at radius 1 is 1.40 bits per heavy atom. The Bertz CT molecular complexity index is 324. The van der Waals surface area contributed by atoms with E-state index in [4.69, 9.17) is 23.1 Å². The molecule has 0 atom stereocenters. The molecule has 15 heavy (non-hydrogen) atoms. The summed E-state index contributed by atoms with van der Waals surface area (Å²) in [5.41, 5.74) is 7.57. The fourth-order valence-electron chi connectivity index (χ4n) is 1.34. The topological polar surface area (TPSA) is 49.5 Å². The molecule has 0 amide bonds. The molecule has 0 saturated carbocycles. The number of rotatable bonds is 5. The van der Waals surface area contributed by atoms with E-state index in [-0.39, 0.29) is 6.61 Å². The number of benzene rings is 1. The molecule has 0 heterocycles. The highest BCUT2D eigenvalue weighted by atomic mass is 32.1. The molecular formula is C11H16N2OS. The Morgan fingerprint density at radius 3 is 2.47 bits per heavy atom. The van der Waals surface area contributed by atoms with Gasteiger partial charge in [0.2, 0.25) is 0 Å². The first kappa shape index (κ1) is 12.1. The Hall–Kier alpha value is -0.970. The summed E-state index contributed by atoms with van der Waals surface area (Å²) >= 11 is 4.87. The molecular weight excluding hydrogens is 208 g/mol. The number of thiocarbonyl (C=S) groups is 1. The molecule has 0 spiro atoms. The van der Waals surface area contributed by atoms with Crippen LogP contribution in [0.4, 0.5) is 0 Å². The van der Waals surface area contributed by atoms with E-state index in [9.17, 15) is 0 Å². The summed E-state index contributed by atoms with van der Waals surface area (Å²) < 4.78 is 0. The maximum Gasteiger partial charge on any atom is 0.103 e. The number of nitrogens with zero attached hydrogens (tertiary/aromatic N) is 1. The largest absolute Gasteiger partial charge is 0.395 e. The number of hydrogen-bond donors (Lipinski definition) is 2. The van der Waals surface area contributed by atoms with Gasteiger partial charge in [-0.05, 0) is 12.6 Å². The van der Waals surface area contributed by atoms with E-state index < -0.39 is 0 Å². The van der Waals surface area contributed by atoms with Crippen molar-refractivity contribution in [2.45, 2.75) is 6.54 Å². The van der Waals surface area contributed by atoms with Gasteiger partial charge in [-0.15, -0.1) is 0 Å². The summed E-state index contributed by atoms with van der Waals surface area (Å²) in [6.45, 7) is 1.68. The minimum absolute atomic E-state index is 0.182. The van der Waals surface area contributed by atoms with Crippen LogP contribution in [0.2, 0.25) is 0 Å². The van der Waals surface area contributed by atoms with E-state index in [0.717, 1.165) is 12.1 Å². The van der Waals surface area contributed by atoms with Crippen LogP contribution in [0, 0.1) is 0 Å². The lowest BCUT2D eigenvalue weighted by Crippen LogP contribution is -2.21. The van der Waals surface area contributed by atoms with Gasteiger partial charge in [0.05, 0.1) is 6.61 Å². The molecule has 0 saturated heterocycles. The minimum Gasteiger partial charge on any atom is -0.395 e. The second-order valence-corrected chi connectivity index (χ2v) is 3.96. The van der Waals surface area contributed by atoms with E-state index in [1.165, 1.54) is 5.56 Å². The average molecular weight is 224 g/mol. The first-order chi connectivity index (χ1) is 7.13. The van der Waals surface area contributed by atoms with Crippen molar-refractivity contribution in [2.75, 3.05) is 20.2 Å². The van der Waals surface area contributed by atoms with Crippen molar-refractivity contribution in [1.29, 1.82) is 0 Å². The fourth-order valence-corrected chi connectivity index (χ4v) is 1.47. The van der Waals surface area contributed by atoms with E-state index >= 15 is 0 Å². The van der Waals surface area contributed by atoms with Crippen molar-refractivity contribution in [3.63, 3.8) is 0 Å². The van der Waals surface area contributed by atoms with Crippen LogP contribution < -0.4 is 5.73 Å². The highest BCUT2D eigenvalue weighted by molar-refractivity contribution is 7.80. The van der Waals surface area contributed by atoms with Gasteiger partial charge >= 0.3 is 0 Å². The van der Waals surface area contributed by atoms with E-state index in [0.29, 0.717) is 11.5 Å². The number of hydrogen-bond acceptors (Lipinski definition) is 3. The van der Waals surface area contributed by atoms with Crippen LogP contribution in [0.15, 0.2) is 24.3 Å². The zero-order chi connectivity index (χ0) is 11.3. The summed E-state index contributed by atoms with van der Waals surface area (Å²) in [4.78, 5) is 2.47. The number of aliphatic hydroxyl groups is 1. The lowest BCUT2D eigenvalue weighted by Gasteiger charge is -2.15. The summed E-state index contributed by atoms with van der Waals surface area (Å²) in [6.07, 6.45) is 0. The smallest absolute Gasteiger partial charge is 0.103 e. The summed E-state index contributed by atoms with van der Waals surface area (Å²) in [5, 5.41) is 8.76. The monoisotopic (exact) mass is 224 g/mol. The maximum absolute atomic E-state index is 8.76. The van der Waals surface area contributed by atoms with Gasteiger partial charge in [-0.1, -0.05) is 36.5 Å². The van der Waals surface area contributed by atoms with Gasteiger partial charge in [0.15, 0.2) is 0 Å². The molecule has 0 bridgehead atoms. The number of aliphatic hydroxyl groups excluding tert-OH is 1. The quantitative estimate of drug-likeness (QED) is 0.725. The third-order valence-corrected chi connectivity index (χ3v) is 2.41. The highest BCUT2D eigenvalue weighted by Gasteiger charge is 2.00. The number of likely N-dealkylation sites (N-methyl/N-ethyl adjacent to an activating group) is 1. The van der Waals surface area contributed by atoms with Gasteiger partial charge in [-0.25, -0.2) is 0 Å². The average Bonchev–Trinajstić information content (AvgIpc) is 2.18. The molecule has 0 radical (unpaired) electrons. The molecule has 0 aliphatic heterocycles. The Morgan fingerprint density at radius 2 is 2.00 bits per heavy atom. The second kappa shape index (κ2) is 5.80. The summed E-state index contributed by atoms with van der Waals surface area (Å²) in [5.74, 6) is 0. The van der Waals surface area contributed by atoms with Crippen molar-refractivity contribution < 1.29 is 5.11 Å². The van der Waals surface area contributed by atoms with Gasteiger partial charge in [0.1, 0.15) is 4.99 Å². The molecule has 1 aromatic rings. The van der Waals surface area contributed by atoms with Crippen molar-refractivity contribution in [1.82, 2.24) is 4.90 Å². The van der Waals surface area contributed by atoms with Crippen molar-refractivity contribution >= 4 is 17.2 Å². The molecule has 0 aromatic heterocycles. The summed E-state index contributed by atoms with van der Waals surface area (Å²) in [7, 11) is 1.97. The number of nitrogens with two attached hydrogens (primary N) is 1. The molecule has 0 aliphatic rings. The zero-order valence-corrected chi connectivity index (χ0v) is 9.63. The van der Waals surface area contributed by atoms with Gasteiger partial charge in [-0.2, -0.15) is 0 Å². The molecule has 3 N–H and O–H groups in total. The van der Waals surface area contributed by atoms with Crippen LogP contribution in [-0.4, -0.2) is 35.2 Å². The second-order valence-electron chi connectivity index (χ2n) is 3.52. The van der Waals surface area contributed by atoms with E-state index in [2.05, 4.69) is 4.90 Å². The first-order valence-electron chi connectivity index (χ1n) is 4.81. The third kappa shape index (κ3) is 3.95. The molecule has 1 aromatic carbocycles. The standard InChI is InChI=1S/C11H16N2OS/c1-13(6-7-14)8-9-2-4-10(5-3-9)11(12)15/h2-5,14H,6-8H2,1H3,(H2,12,15). The lowest BCUT2D eigenvalue weighted by atomic mass is 10.1. The predicted molar refractivity (Wildman–Crippen MR) is 65.7 cm³/mol. The molecule has 82 valence electrons. The van der Waals surface area contributed by atoms with Crippen molar-refractivity contribution in [2.24, 2.45) is 5.73 Å². The van der Waals surface area contributed by atoms with Crippen LogP contribution >= 0.6 is 12.2 Å². The molecule has 0 aliphatic carbocycles. The van der Waals surface area contributed by atoms with Gasteiger partial charge < -0.3 is 10.8 Å². The van der Waals surface area contributed by atoms with Gasteiger partial charge in [0, 0.05) is 18.7 Å². The van der Waals surface area contributed by atoms with Gasteiger partial charge in [0.25, 0.3) is 0 Å². The maximum atomic E-state index is 8.76. The SMILES string of the molecule is CN(CCO)Cc1ccc(C(N)=S)cc1. The van der Waals surface area contributed by atoms with Crippen LogP contribution in [0.25, 0.3) is 0 Å². The Kier molecular flexibility index (Phi) is 4.68. The fraction of sp³-hybridized carbons (Fsp3) is 0.364. The first-order valence-corrected chi connectivity index (χ1v) is 5.22. The van der Waals surface area contributed by atoms with E-state index in [1.54, 1.807) is 0 Å². The van der Waals surface area contributed by atoms with Crippen LogP contribution in [0.3, 0.4) is 0 Å². The Balaban J connectivity index is 2.60. The Labute approximate surface area is 95.5 Å². The lowest BCUT2D eigenvalue weighted by molar-refractivity contribution is 0.217. The summed E-state index contributed by atoms with van der Waals surface area (Å²) in [6, 6.07) is 7.85. The van der Waals surface area contributed by atoms with E-state index in [1.807, 2.05) is 31.3 Å². The predicted octanol–water partition coefficient (Wildman–Crippen LogP) is 0.745. The molecule has 4 heteroatoms. The van der Waals surface area contributed by atoms with Gasteiger partial charge in [-0.3, -0.25) is 4.90 Å². The third-order valence-electron chi connectivity index (χ3n) is 2.17. The molecule has 1 rings (SSSR count). The van der Waals surface area contributed by atoms with Crippen molar-refractivity contribution in [3.8, 4) is 0 Å². The minimum atomic E-state index is 0.182.